The van der Waals surface area contributed by atoms with Gasteiger partial charge in [-0.05, 0) is 42.5 Å². The van der Waals surface area contributed by atoms with Gasteiger partial charge in [-0.25, -0.2) is 18.4 Å². The Hall–Kier alpha value is -2.46. The summed E-state index contributed by atoms with van der Waals surface area (Å²) in [6, 6.07) is 7.25. The van der Waals surface area contributed by atoms with Gasteiger partial charge in [0.1, 0.15) is 30.0 Å². The van der Waals surface area contributed by atoms with Gasteiger partial charge >= 0.3 is 6.11 Å². The Labute approximate surface area is 159 Å². The van der Waals surface area contributed by atoms with Gasteiger partial charge in [0, 0.05) is 10.0 Å². The van der Waals surface area contributed by atoms with Gasteiger partial charge in [-0.2, -0.15) is 13.9 Å². The van der Waals surface area contributed by atoms with Crippen LogP contribution in [0.25, 0.3) is 0 Å². The van der Waals surface area contributed by atoms with Gasteiger partial charge in [0.15, 0.2) is 0 Å². The Kier molecular flexibility index (Phi) is 5.20. The van der Waals surface area contributed by atoms with E-state index in [2.05, 4.69) is 30.7 Å². The Morgan fingerprint density at radius 1 is 1.11 bits per heavy atom. The maximum Gasteiger partial charge on any atom is 0.433 e. The zero-order valence-corrected chi connectivity index (χ0v) is 15.1. The van der Waals surface area contributed by atoms with Gasteiger partial charge in [0.25, 0.3) is 0 Å². The molecule has 2 aromatic carbocycles. The monoisotopic (exact) mass is 445 g/mol. The molecule has 5 nitrogen and oxygen atoms in total. The number of hydrogen-bond acceptors (Lipinski definition) is 4. The standard InChI is InChI=1S/C17H12BrF4N3O2/c18-11-1-4-13(5-2-11)27-17(21,22)16(26,8-25-10-23-9-24-25)14-7-12(19)3-6-15(14)20/h1-7,9-10,26H,8H2. The maximum atomic E-state index is 15.0. The van der Waals surface area contributed by atoms with Crippen LogP contribution in [0.1, 0.15) is 5.56 Å². The zero-order valence-electron chi connectivity index (χ0n) is 13.5. The van der Waals surface area contributed by atoms with E-state index < -0.39 is 35.5 Å². The predicted octanol–water partition coefficient (Wildman–Crippen LogP) is 3.88. The van der Waals surface area contributed by atoms with Crippen molar-refractivity contribution in [2.45, 2.75) is 18.3 Å². The molecule has 0 radical (unpaired) electrons. The van der Waals surface area contributed by atoms with Gasteiger partial charge in [-0.3, -0.25) is 0 Å². The number of benzene rings is 2. The minimum Gasteiger partial charge on any atom is -0.430 e. The highest BCUT2D eigenvalue weighted by molar-refractivity contribution is 9.10. The fraction of sp³-hybridized carbons (Fsp3) is 0.176. The van der Waals surface area contributed by atoms with E-state index in [1.54, 1.807) is 0 Å². The second kappa shape index (κ2) is 7.28. The fourth-order valence-electron chi connectivity index (χ4n) is 2.43. The van der Waals surface area contributed by atoms with Crippen molar-refractivity contribution in [3.63, 3.8) is 0 Å². The number of aliphatic hydroxyl groups is 1. The van der Waals surface area contributed by atoms with Crippen molar-refractivity contribution in [2.24, 2.45) is 0 Å². The minimum absolute atomic E-state index is 0.281. The first-order chi connectivity index (χ1) is 12.7. The van der Waals surface area contributed by atoms with Crippen LogP contribution in [0.2, 0.25) is 0 Å². The van der Waals surface area contributed by atoms with Crippen molar-refractivity contribution < 1.29 is 27.4 Å². The summed E-state index contributed by atoms with van der Waals surface area (Å²) in [5.41, 5.74) is -4.25. The number of halogens is 5. The predicted molar refractivity (Wildman–Crippen MR) is 90.0 cm³/mol. The first kappa shape index (κ1) is 19.3. The van der Waals surface area contributed by atoms with Gasteiger partial charge in [0.05, 0.1) is 6.54 Å². The number of aromatic nitrogens is 3. The third kappa shape index (κ3) is 3.96. The summed E-state index contributed by atoms with van der Waals surface area (Å²) in [5.74, 6) is -2.50. The lowest BCUT2D eigenvalue weighted by Crippen LogP contribution is -2.52. The molecule has 0 fully saturated rings. The first-order valence-electron chi connectivity index (χ1n) is 7.54. The molecule has 0 bridgehead atoms. The summed E-state index contributed by atoms with van der Waals surface area (Å²) in [5, 5.41) is 14.5. The molecule has 0 spiro atoms. The second-order valence-electron chi connectivity index (χ2n) is 5.65. The molecule has 0 aliphatic heterocycles. The number of ether oxygens (including phenoxy) is 1. The highest BCUT2D eigenvalue weighted by atomic mass is 79.9. The molecule has 1 atom stereocenters. The van der Waals surface area contributed by atoms with E-state index in [-0.39, 0.29) is 5.75 Å². The summed E-state index contributed by atoms with van der Waals surface area (Å²) < 4.78 is 64.0. The second-order valence-corrected chi connectivity index (χ2v) is 6.57. The molecule has 1 heterocycles. The Morgan fingerprint density at radius 2 is 1.81 bits per heavy atom. The van der Waals surface area contributed by atoms with E-state index >= 15 is 8.78 Å². The molecule has 1 aromatic heterocycles. The van der Waals surface area contributed by atoms with Crippen LogP contribution >= 0.6 is 15.9 Å². The van der Waals surface area contributed by atoms with Gasteiger partial charge < -0.3 is 9.84 Å². The normalized spacial score (nSPS) is 14.0. The molecule has 1 N–H and O–H groups in total. The molecule has 0 saturated heterocycles. The van der Waals surface area contributed by atoms with Crippen LogP contribution in [0.5, 0.6) is 5.75 Å². The van der Waals surface area contributed by atoms with Crippen molar-refractivity contribution in [1.29, 1.82) is 0 Å². The van der Waals surface area contributed by atoms with Crippen LogP contribution < -0.4 is 4.74 Å². The number of rotatable bonds is 6. The molecule has 0 amide bonds. The topological polar surface area (TPSA) is 60.2 Å². The SMILES string of the molecule is OC(Cn1cncn1)(c1cc(F)ccc1F)C(F)(F)Oc1ccc(Br)cc1. The third-order valence-corrected chi connectivity index (χ3v) is 4.30. The molecule has 1 unspecified atom stereocenters. The van der Waals surface area contributed by atoms with Crippen molar-refractivity contribution in [1.82, 2.24) is 14.8 Å². The van der Waals surface area contributed by atoms with Crippen LogP contribution in [-0.2, 0) is 12.1 Å². The molecule has 3 rings (SSSR count). The molecule has 0 aliphatic rings. The van der Waals surface area contributed by atoms with E-state index in [9.17, 15) is 13.9 Å². The number of alkyl halides is 2. The zero-order chi connectivity index (χ0) is 19.7. The van der Waals surface area contributed by atoms with Gasteiger partial charge in [-0.1, -0.05) is 15.9 Å². The Morgan fingerprint density at radius 3 is 2.44 bits per heavy atom. The number of hydrogen-bond donors (Lipinski definition) is 1. The molecule has 10 heteroatoms. The Balaban J connectivity index is 2.07. The smallest absolute Gasteiger partial charge is 0.430 e. The molecule has 0 saturated carbocycles. The molecule has 142 valence electrons. The van der Waals surface area contributed by atoms with Gasteiger partial charge in [-0.15, -0.1) is 0 Å². The molecule has 3 aromatic rings. The summed E-state index contributed by atoms with van der Waals surface area (Å²) in [6.45, 7) is -0.934. The molecule has 27 heavy (non-hydrogen) atoms. The summed E-state index contributed by atoms with van der Waals surface area (Å²) in [4.78, 5) is 3.60. The van der Waals surface area contributed by atoms with Crippen molar-refractivity contribution >= 4 is 15.9 Å². The largest absolute Gasteiger partial charge is 0.433 e. The average molecular weight is 446 g/mol. The van der Waals surface area contributed by atoms with E-state index in [1.165, 1.54) is 24.3 Å². The van der Waals surface area contributed by atoms with E-state index in [0.717, 1.165) is 23.4 Å². The van der Waals surface area contributed by atoms with Crippen LogP contribution in [0, 0.1) is 11.6 Å². The van der Waals surface area contributed by atoms with Crippen molar-refractivity contribution in [3.05, 3.63) is 76.8 Å². The Bertz CT molecular complexity index is 922. The van der Waals surface area contributed by atoms with Gasteiger partial charge in [0.2, 0.25) is 5.60 Å². The highest BCUT2D eigenvalue weighted by Crippen LogP contribution is 2.42. The maximum absolute atomic E-state index is 15.0. The van der Waals surface area contributed by atoms with E-state index in [0.29, 0.717) is 16.6 Å². The average Bonchev–Trinajstić information content (AvgIpc) is 3.11. The molecular weight excluding hydrogens is 434 g/mol. The lowest BCUT2D eigenvalue weighted by molar-refractivity contribution is -0.301. The summed E-state index contributed by atoms with van der Waals surface area (Å²) in [7, 11) is 0. The lowest BCUT2D eigenvalue weighted by atomic mass is 9.91. The van der Waals surface area contributed by atoms with Crippen molar-refractivity contribution in [3.8, 4) is 5.75 Å². The third-order valence-electron chi connectivity index (χ3n) is 3.77. The minimum atomic E-state index is -4.35. The highest BCUT2D eigenvalue weighted by Gasteiger charge is 2.58. The fourth-order valence-corrected chi connectivity index (χ4v) is 2.70. The summed E-state index contributed by atoms with van der Waals surface area (Å²) in [6.07, 6.45) is -2.24. The van der Waals surface area contributed by atoms with Crippen LogP contribution in [0.15, 0.2) is 59.6 Å². The van der Waals surface area contributed by atoms with E-state index in [1.807, 2.05) is 0 Å². The molecular formula is C17H12BrF4N3O2. The van der Waals surface area contributed by atoms with Crippen LogP contribution in [-0.4, -0.2) is 26.0 Å². The summed E-state index contributed by atoms with van der Waals surface area (Å²) >= 11 is 3.16. The number of nitrogens with zero attached hydrogens (tertiary/aromatic N) is 3. The van der Waals surface area contributed by atoms with Crippen LogP contribution in [0.4, 0.5) is 17.6 Å². The molecule has 0 aliphatic carbocycles. The van der Waals surface area contributed by atoms with Crippen molar-refractivity contribution in [2.75, 3.05) is 0 Å². The lowest BCUT2D eigenvalue weighted by Gasteiger charge is -2.35. The van der Waals surface area contributed by atoms with Crippen LogP contribution in [0.3, 0.4) is 0 Å². The first-order valence-corrected chi connectivity index (χ1v) is 8.33. The quantitative estimate of drug-likeness (QED) is 0.585. The van der Waals surface area contributed by atoms with E-state index in [4.69, 9.17) is 0 Å².